The maximum Gasteiger partial charge on any atom is 0.408 e. The van der Waals surface area contributed by atoms with Crippen LogP contribution in [0.5, 0.6) is 11.5 Å². The number of hydrogen-bond donors (Lipinski definition) is 4. The molecule has 2 unspecified atom stereocenters. The van der Waals surface area contributed by atoms with Gasteiger partial charge in [-0.25, -0.2) is 28.0 Å². The summed E-state index contributed by atoms with van der Waals surface area (Å²) in [4.78, 5) is 67.2. The summed E-state index contributed by atoms with van der Waals surface area (Å²) in [5, 5.41) is 22.1. The van der Waals surface area contributed by atoms with Crippen molar-refractivity contribution < 1.29 is 46.9 Å². The predicted octanol–water partition coefficient (Wildman–Crippen LogP) is 6.58. The number of pyridine rings is 1. The number of carbonyl (C=O) groups excluding carboxylic acids is 3. The van der Waals surface area contributed by atoms with Crippen LogP contribution in [0.3, 0.4) is 0 Å². The number of hydrogen-bond acceptors (Lipinski definition) is 13. The first-order chi connectivity index (χ1) is 31.2. The number of fused-ring (bicyclic) bond motifs is 3. The molecule has 2 aromatic heterocycles. The van der Waals surface area contributed by atoms with E-state index in [2.05, 4.69) is 16.0 Å². The van der Waals surface area contributed by atoms with Crippen LogP contribution in [0.4, 0.5) is 9.93 Å². The Morgan fingerprint density at radius 3 is 2.52 bits per heavy atom. The van der Waals surface area contributed by atoms with Crippen molar-refractivity contribution in [1.29, 1.82) is 0 Å². The number of anilines is 1. The monoisotopic (exact) mass is 951 g/mol. The van der Waals surface area contributed by atoms with Crippen LogP contribution >= 0.6 is 11.3 Å². The average Bonchev–Trinajstić information content (AvgIpc) is 3.50. The molecule has 3 aromatic rings. The number of nitrogens with one attached hydrogen (secondary N) is 3. The lowest BCUT2D eigenvalue weighted by molar-refractivity contribution is -0.145. The number of nitrogens with zero attached hydrogens (tertiary/aromatic N) is 4. The van der Waals surface area contributed by atoms with Crippen molar-refractivity contribution in [2.75, 3.05) is 32.1 Å². The third-order valence-electron chi connectivity index (χ3n) is 13.1. The van der Waals surface area contributed by atoms with Gasteiger partial charge in [-0.05, 0) is 64.0 Å². The zero-order valence-corrected chi connectivity index (χ0v) is 40.8. The Morgan fingerprint density at radius 1 is 1.06 bits per heavy atom. The highest BCUT2D eigenvalue weighted by molar-refractivity contribution is 7.90. The molecule has 1 aliphatic carbocycles. The van der Waals surface area contributed by atoms with Gasteiger partial charge in [0, 0.05) is 53.2 Å². The second kappa shape index (κ2) is 19.7. The summed E-state index contributed by atoms with van der Waals surface area (Å²) in [5.41, 5.74) is -0.454. The van der Waals surface area contributed by atoms with Crippen LogP contribution in [-0.2, 0) is 29.1 Å². The van der Waals surface area contributed by atoms with Crippen molar-refractivity contribution in [1.82, 2.24) is 29.8 Å². The number of methoxy groups -OCH3 is 1. The van der Waals surface area contributed by atoms with Gasteiger partial charge in [0.1, 0.15) is 47.0 Å². The third kappa shape index (κ3) is 10.7. The highest BCUT2D eigenvalue weighted by atomic mass is 32.2. The molecule has 17 nitrogen and oxygen atoms in total. The highest BCUT2D eigenvalue weighted by Gasteiger charge is 2.61. The summed E-state index contributed by atoms with van der Waals surface area (Å²) in [6.07, 6.45) is 4.98. The van der Waals surface area contributed by atoms with Crippen LogP contribution in [0.1, 0.15) is 99.8 Å². The van der Waals surface area contributed by atoms with Crippen LogP contribution in [0, 0.1) is 17.3 Å². The van der Waals surface area contributed by atoms with Gasteiger partial charge >= 0.3 is 12.1 Å². The Hall–Kier alpha value is -5.01. The number of sulfonamides is 1. The van der Waals surface area contributed by atoms with Crippen LogP contribution in [-0.4, -0.2) is 124 Å². The molecule has 0 spiro atoms. The molecule has 1 aromatic carbocycles. The minimum absolute atomic E-state index is 0.0210. The molecule has 360 valence electrons. The molecule has 1 saturated carbocycles. The summed E-state index contributed by atoms with van der Waals surface area (Å²) < 4.78 is 46.7. The predicted molar refractivity (Wildman–Crippen MR) is 252 cm³/mol. The topological polar surface area (TPSA) is 219 Å². The minimum atomic E-state index is -3.62. The van der Waals surface area contributed by atoms with E-state index in [-0.39, 0.29) is 44.3 Å². The van der Waals surface area contributed by atoms with E-state index in [9.17, 15) is 32.7 Å². The number of carboxylic acids is 1. The Bertz CT molecular complexity index is 2430. The Labute approximate surface area is 391 Å². The van der Waals surface area contributed by atoms with Gasteiger partial charge < -0.3 is 40.2 Å². The lowest BCUT2D eigenvalue weighted by Gasteiger charge is -2.34. The summed E-state index contributed by atoms with van der Waals surface area (Å²) in [5.74, 6) is -1.80. The van der Waals surface area contributed by atoms with Crippen molar-refractivity contribution in [3.05, 3.63) is 41.8 Å². The number of aromatic nitrogens is 2. The molecular formula is C47H65N7O10S2. The molecule has 0 bridgehead atoms. The summed E-state index contributed by atoms with van der Waals surface area (Å²) in [7, 11) is -2.05. The van der Waals surface area contributed by atoms with E-state index in [1.54, 1.807) is 25.3 Å². The van der Waals surface area contributed by atoms with Gasteiger partial charge in [-0.3, -0.25) is 9.59 Å². The van der Waals surface area contributed by atoms with Gasteiger partial charge in [0.2, 0.25) is 21.8 Å². The van der Waals surface area contributed by atoms with Crippen LogP contribution < -0.4 is 25.4 Å². The minimum Gasteiger partial charge on any atom is -0.497 e. The van der Waals surface area contributed by atoms with E-state index in [0.717, 1.165) is 18.0 Å². The lowest BCUT2D eigenvalue weighted by Crippen LogP contribution is -2.56. The Morgan fingerprint density at radius 2 is 1.83 bits per heavy atom. The maximum atomic E-state index is 15.0. The quantitative estimate of drug-likeness (QED) is 0.141. The number of thiazole rings is 1. The first kappa shape index (κ1) is 48.9. The number of rotatable bonds is 12. The van der Waals surface area contributed by atoms with E-state index in [4.69, 9.17) is 24.2 Å². The molecule has 7 atom stereocenters. The van der Waals surface area contributed by atoms with Crippen molar-refractivity contribution in [3.8, 4) is 22.9 Å². The molecular weight excluding hydrogens is 887 g/mol. The van der Waals surface area contributed by atoms with Crippen molar-refractivity contribution >= 4 is 61.3 Å². The van der Waals surface area contributed by atoms with E-state index >= 15 is 0 Å². The fourth-order valence-electron chi connectivity index (χ4n) is 9.15. The van der Waals surface area contributed by atoms with Crippen LogP contribution in [0.2, 0.25) is 0 Å². The summed E-state index contributed by atoms with van der Waals surface area (Å²) in [6, 6.07) is 5.07. The second-order valence-electron chi connectivity index (χ2n) is 19.8. The molecule has 2 saturated heterocycles. The van der Waals surface area contributed by atoms with Crippen molar-refractivity contribution in [3.63, 3.8) is 0 Å². The first-order valence-corrected chi connectivity index (χ1v) is 25.4. The molecule has 19 heteroatoms. The molecule has 3 aliphatic heterocycles. The van der Waals surface area contributed by atoms with Crippen LogP contribution in [0.15, 0.2) is 41.8 Å². The zero-order chi connectivity index (χ0) is 47.7. The third-order valence-corrected chi connectivity index (χ3v) is 16.5. The standard InChI is InChI=1S/C47H65N7O10S2/c1-27(2)39-18-19-53(66(39,60)61)25-40(46(5,6)7)64-45(59)51-33-15-13-11-9-10-12-14-29-23-47(29,43(57)58)52-41(55)37-21-31(24-54(37)42(33)56)63-38-22-35(36-26-65-44(50-36)48-28(3)4)49-34-20-30(62-8)16-17-32(34)38/h12,14,16-17,20,22,26-29,31,33,37,39-40H,9-11,13,15,18-19,21,23-25H2,1-8H3,(H,48,50)(H,51,59)(H,52,55)(H,57,58)/t29?,31-,33+,37+,39?,40-,47-/m1/s1. The smallest absolute Gasteiger partial charge is 0.408 e. The number of alkyl carbamates (subject to hydrolysis) is 1. The van der Waals surface area contributed by atoms with E-state index in [0.29, 0.717) is 59.6 Å². The van der Waals surface area contributed by atoms with Gasteiger partial charge in [0.15, 0.2) is 5.13 Å². The largest absolute Gasteiger partial charge is 0.497 e. The number of carbonyl (C=O) groups is 4. The molecule has 3 amide bonds. The molecule has 7 rings (SSSR count). The SMILES string of the molecule is COc1ccc2c(O[C@@H]3C[C@H]4C(=O)N[C@]5(C(=O)O)CC5C=CCCCCC[C@H](NC(=O)O[C@H](CN5CCC(C(C)C)S5(=O)=O)C(C)(C)C)C(=O)N4C3)cc(-c3csc(NC(C)C)n3)nc2c1. The van der Waals surface area contributed by atoms with Gasteiger partial charge in [-0.1, -0.05) is 59.6 Å². The average molecular weight is 952 g/mol. The highest BCUT2D eigenvalue weighted by Crippen LogP contribution is 2.46. The Kier molecular flexibility index (Phi) is 14.6. The summed E-state index contributed by atoms with van der Waals surface area (Å²) in [6.45, 7) is 13.6. The van der Waals surface area contributed by atoms with Crippen molar-refractivity contribution in [2.45, 2.75) is 141 Å². The maximum absolute atomic E-state index is 15.0. The fraction of sp³-hybridized carbons (Fsp3) is 0.617. The molecule has 5 heterocycles. The lowest BCUT2D eigenvalue weighted by atomic mass is 9.89. The Balaban J connectivity index is 1.18. The second-order valence-corrected chi connectivity index (χ2v) is 22.8. The van der Waals surface area contributed by atoms with Gasteiger partial charge in [-0.2, -0.15) is 4.31 Å². The van der Waals surface area contributed by atoms with Crippen LogP contribution in [0.25, 0.3) is 22.3 Å². The number of amides is 3. The fourth-order valence-corrected chi connectivity index (χ4v) is 12.2. The molecule has 4 N–H and O–H groups in total. The zero-order valence-electron chi connectivity index (χ0n) is 39.2. The molecule has 4 aliphatic rings. The number of carboxylic acid groups (broad SMARTS) is 1. The normalized spacial score (nSPS) is 26.5. The summed E-state index contributed by atoms with van der Waals surface area (Å²) >= 11 is 1.45. The number of aliphatic carboxylic acids is 1. The first-order valence-electron chi connectivity index (χ1n) is 23.1. The van der Waals surface area contributed by atoms with E-state index in [1.165, 1.54) is 20.5 Å². The molecule has 0 radical (unpaired) electrons. The number of allylic oxidation sites excluding steroid dienone is 1. The number of benzene rings is 1. The van der Waals surface area contributed by atoms with Gasteiger partial charge in [0.05, 0.1) is 36.7 Å². The molecule has 66 heavy (non-hydrogen) atoms. The number of ether oxygens (including phenoxy) is 3. The van der Waals surface area contributed by atoms with Gasteiger partial charge in [0.25, 0.3) is 0 Å². The molecule has 3 fully saturated rings. The van der Waals surface area contributed by atoms with Crippen molar-refractivity contribution in [2.24, 2.45) is 17.3 Å². The van der Waals surface area contributed by atoms with E-state index in [1.807, 2.05) is 72.1 Å². The van der Waals surface area contributed by atoms with E-state index < -0.39 is 80.3 Å². The van der Waals surface area contributed by atoms with Gasteiger partial charge in [-0.15, -0.1) is 11.3 Å².